The van der Waals surface area contributed by atoms with E-state index in [1.807, 2.05) is 30.3 Å². The number of carbonyl (C=O) groups is 3. The molecule has 3 N–H and O–H groups in total. The average molecular weight is 483 g/mol. The molecule has 0 bridgehead atoms. The Morgan fingerprint density at radius 1 is 1.03 bits per heavy atom. The third-order valence-electron chi connectivity index (χ3n) is 4.74. The van der Waals surface area contributed by atoms with Crippen molar-refractivity contribution >= 4 is 29.4 Å². The second kappa shape index (κ2) is 13.2. The molecule has 0 saturated carbocycles. The number of rotatable bonds is 10. The van der Waals surface area contributed by atoms with Crippen molar-refractivity contribution in [3.8, 4) is 0 Å². The van der Waals surface area contributed by atoms with Gasteiger partial charge in [0.2, 0.25) is 0 Å². The van der Waals surface area contributed by atoms with Crippen LogP contribution in [0.4, 0.5) is 16.2 Å². The van der Waals surface area contributed by atoms with Crippen LogP contribution in [0.5, 0.6) is 0 Å². The number of anilines is 2. The third-order valence-corrected chi connectivity index (χ3v) is 4.74. The predicted octanol–water partition coefficient (Wildman–Crippen LogP) is 5.41. The van der Waals surface area contributed by atoms with E-state index in [4.69, 9.17) is 19.9 Å². The van der Waals surface area contributed by atoms with Gasteiger partial charge in [-0.1, -0.05) is 42.5 Å². The zero-order valence-corrected chi connectivity index (χ0v) is 20.8. The Morgan fingerprint density at radius 2 is 1.74 bits per heavy atom. The summed E-state index contributed by atoms with van der Waals surface area (Å²) < 4.78 is 15.7. The Bertz CT molecular complexity index is 1040. The van der Waals surface area contributed by atoms with Gasteiger partial charge in [0, 0.05) is 6.08 Å². The van der Waals surface area contributed by atoms with Crippen molar-refractivity contribution in [2.75, 3.05) is 17.7 Å². The summed E-state index contributed by atoms with van der Waals surface area (Å²) in [7, 11) is 0. The number of unbranched alkanes of at least 4 members (excludes halogenated alkanes) is 1. The minimum Gasteiger partial charge on any atom is -0.463 e. The maximum Gasteiger partial charge on any atom is 0.412 e. The predicted molar refractivity (Wildman–Crippen MR) is 135 cm³/mol. The van der Waals surface area contributed by atoms with Crippen molar-refractivity contribution < 1.29 is 28.6 Å². The van der Waals surface area contributed by atoms with Gasteiger partial charge in [-0.25, -0.2) is 14.4 Å². The molecular formula is C27H34N2O6. The number of nitrogens with one attached hydrogen (secondary N) is 1. The molecule has 0 aliphatic heterocycles. The summed E-state index contributed by atoms with van der Waals surface area (Å²) in [5.41, 5.74) is 7.70. The highest BCUT2D eigenvalue weighted by molar-refractivity contribution is 6.02. The van der Waals surface area contributed by atoms with Crippen LogP contribution in [0.15, 0.2) is 54.6 Å². The zero-order valence-electron chi connectivity index (χ0n) is 20.8. The fraction of sp³-hybridized carbons (Fsp3) is 0.370. The molecule has 0 heterocycles. The number of aryl methyl sites for hydroxylation is 1. The maximum atomic E-state index is 13.0. The van der Waals surface area contributed by atoms with E-state index in [-0.39, 0.29) is 29.5 Å². The van der Waals surface area contributed by atoms with Crippen LogP contribution in [0.2, 0.25) is 0 Å². The lowest BCUT2D eigenvalue weighted by atomic mass is 9.98. The lowest BCUT2D eigenvalue weighted by Crippen LogP contribution is -2.26. The first-order chi connectivity index (χ1) is 16.6. The van der Waals surface area contributed by atoms with Crippen molar-refractivity contribution in [3.05, 3.63) is 71.3 Å². The van der Waals surface area contributed by atoms with Gasteiger partial charge in [0.25, 0.3) is 0 Å². The lowest BCUT2D eigenvalue weighted by Gasteiger charge is -2.22. The number of nitrogen functional groups attached to an aromatic ring is 1. The minimum atomic E-state index is -0.721. The second-order valence-corrected chi connectivity index (χ2v) is 8.80. The molecule has 2 rings (SSSR count). The number of carbonyl (C=O) groups excluding carboxylic acids is 3. The SMILES string of the molecule is CCOC(=O)C=CCCCc1ccc(NC(=O)OCc2ccccc2)c(N)c1C(=O)OC(C)(C)C. The van der Waals surface area contributed by atoms with E-state index in [1.165, 1.54) is 6.08 Å². The molecule has 0 aliphatic rings. The summed E-state index contributed by atoms with van der Waals surface area (Å²) in [6.07, 6.45) is 4.22. The van der Waals surface area contributed by atoms with E-state index in [2.05, 4.69) is 5.32 Å². The number of hydrogen-bond donors (Lipinski definition) is 2. The molecular weight excluding hydrogens is 448 g/mol. The van der Waals surface area contributed by atoms with Crippen LogP contribution < -0.4 is 11.1 Å². The van der Waals surface area contributed by atoms with Crippen LogP contribution in [-0.2, 0) is 32.0 Å². The second-order valence-electron chi connectivity index (χ2n) is 8.80. The lowest BCUT2D eigenvalue weighted by molar-refractivity contribution is -0.137. The highest BCUT2D eigenvalue weighted by Gasteiger charge is 2.24. The van der Waals surface area contributed by atoms with Crippen LogP contribution in [0, 0.1) is 0 Å². The zero-order chi connectivity index (χ0) is 25.8. The third kappa shape index (κ3) is 9.52. The standard InChI is InChI=1S/C27H34N2O6/c1-5-33-22(30)15-11-7-10-14-20-16-17-21(24(28)23(20)25(31)35-27(2,3)4)29-26(32)34-18-19-12-8-6-9-13-19/h6,8-9,11-13,15-17H,5,7,10,14,18,28H2,1-4H3,(H,29,32). The van der Waals surface area contributed by atoms with Gasteiger partial charge in [-0.15, -0.1) is 0 Å². The Morgan fingerprint density at radius 3 is 2.40 bits per heavy atom. The molecule has 0 aromatic heterocycles. The summed E-state index contributed by atoms with van der Waals surface area (Å²) in [5.74, 6) is -0.964. The summed E-state index contributed by atoms with van der Waals surface area (Å²) in [6.45, 7) is 7.47. The van der Waals surface area contributed by atoms with Gasteiger partial charge in [-0.3, -0.25) is 5.32 Å². The van der Waals surface area contributed by atoms with Crippen molar-refractivity contribution in [1.29, 1.82) is 0 Å². The van der Waals surface area contributed by atoms with E-state index in [1.54, 1.807) is 45.9 Å². The number of benzene rings is 2. The number of ether oxygens (including phenoxy) is 3. The molecule has 188 valence electrons. The van der Waals surface area contributed by atoms with Gasteiger partial charge in [0.05, 0.1) is 23.5 Å². The molecule has 0 spiro atoms. The molecule has 0 atom stereocenters. The van der Waals surface area contributed by atoms with Crippen molar-refractivity contribution in [3.63, 3.8) is 0 Å². The van der Waals surface area contributed by atoms with Crippen LogP contribution in [0.25, 0.3) is 0 Å². The number of nitrogens with two attached hydrogens (primary N) is 1. The molecule has 0 fully saturated rings. The summed E-state index contributed by atoms with van der Waals surface area (Å²) in [5, 5.41) is 2.61. The van der Waals surface area contributed by atoms with E-state index < -0.39 is 17.7 Å². The van der Waals surface area contributed by atoms with E-state index >= 15 is 0 Å². The normalized spacial score (nSPS) is 11.2. The van der Waals surface area contributed by atoms with Crippen LogP contribution in [0.3, 0.4) is 0 Å². The topological polar surface area (TPSA) is 117 Å². The summed E-state index contributed by atoms with van der Waals surface area (Å²) in [6, 6.07) is 12.6. The molecule has 35 heavy (non-hydrogen) atoms. The average Bonchev–Trinajstić information content (AvgIpc) is 2.79. The van der Waals surface area contributed by atoms with Gasteiger partial charge in [0.15, 0.2) is 0 Å². The first-order valence-electron chi connectivity index (χ1n) is 11.6. The Labute approximate surface area is 206 Å². The highest BCUT2D eigenvalue weighted by atomic mass is 16.6. The minimum absolute atomic E-state index is 0.100. The van der Waals surface area contributed by atoms with Crippen LogP contribution >= 0.6 is 0 Å². The van der Waals surface area contributed by atoms with E-state index in [0.717, 1.165) is 5.56 Å². The number of amides is 1. The number of hydrogen-bond acceptors (Lipinski definition) is 7. The number of allylic oxidation sites excluding steroid dienone is 1. The fourth-order valence-corrected chi connectivity index (χ4v) is 3.20. The van der Waals surface area contributed by atoms with Gasteiger partial charge >= 0.3 is 18.0 Å². The summed E-state index contributed by atoms with van der Waals surface area (Å²) in [4.78, 5) is 36.7. The molecule has 1 amide bonds. The molecule has 0 unspecified atom stereocenters. The van der Waals surface area contributed by atoms with E-state index in [0.29, 0.717) is 31.4 Å². The fourth-order valence-electron chi connectivity index (χ4n) is 3.20. The Balaban J connectivity index is 2.14. The van der Waals surface area contributed by atoms with Gasteiger partial charge in [-0.2, -0.15) is 0 Å². The first kappa shape index (κ1) is 27.4. The van der Waals surface area contributed by atoms with E-state index in [9.17, 15) is 14.4 Å². The molecule has 0 aliphatic carbocycles. The number of esters is 2. The molecule has 8 nitrogen and oxygen atoms in total. The van der Waals surface area contributed by atoms with Gasteiger partial charge in [-0.05, 0) is 64.2 Å². The van der Waals surface area contributed by atoms with Crippen molar-refractivity contribution in [2.45, 2.75) is 59.2 Å². The van der Waals surface area contributed by atoms with Crippen molar-refractivity contribution in [1.82, 2.24) is 0 Å². The molecule has 2 aromatic carbocycles. The smallest absolute Gasteiger partial charge is 0.412 e. The van der Waals surface area contributed by atoms with Crippen molar-refractivity contribution in [2.24, 2.45) is 0 Å². The summed E-state index contributed by atoms with van der Waals surface area (Å²) >= 11 is 0. The van der Waals surface area contributed by atoms with Crippen LogP contribution in [-0.4, -0.2) is 30.2 Å². The molecule has 0 saturated heterocycles. The van der Waals surface area contributed by atoms with Gasteiger partial charge in [0.1, 0.15) is 12.2 Å². The monoisotopic (exact) mass is 482 g/mol. The maximum absolute atomic E-state index is 13.0. The highest BCUT2D eigenvalue weighted by Crippen LogP contribution is 2.30. The quantitative estimate of drug-likeness (QED) is 0.153. The molecule has 8 heteroatoms. The van der Waals surface area contributed by atoms with Crippen LogP contribution in [0.1, 0.15) is 62.0 Å². The molecule has 0 radical (unpaired) electrons. The Kier molecular flexibility index (Phi) is 10.3. The van der Waals surface area contributed by atoms with Gasteiger partial charge < -0.3 is 19.9 Å². The Hall–Kier alpha value is -3.81. The first-order valence-corrected chi connectivity index (χ1v) is 11.6. The largest absolute Gasteiger partial charge is 0.463 e. The molecule has 2 aromatic rings.